The van der Waals surface area contributed by atoms with E-state index in [1.165, 1.54) is 38.5 Å². The number of aliphatic hydroxyl groups excluding tert-OH is 1. The molecule has 6 nitrogen and oxygen atoms in total. The summed E-state index contributed by atoms with van der Waals surface area (Å²) in [5.74, 6) is 0.875. The Balaban J connectivity index is 1.59. The molecule has 1 saturated carbocycles. The van der Waals surface area contributed by atoms with Gasteiger partial charge in [-0.15, -0.1) is 0 Å². The van der Waals surface area contributed by atoms with Crippen LogP contribution in [0.4, 0.5) is 0 Å². The van der Waals surface area contributed by atoms with Gasteiger partial charge in [0.15, 0.2) is 5.96 Å². The molecule has 1 unspecified atom stereocenters. The Kier molecular flexibility index (Phi) is 11.1. The van der Waals surface area contributed by atoms with Crippen LogP contribution in [0.5, 0.6) is 0 Å². The van der Waals surface area contributed by atoms with Gasteiger partial charge >= 0.3 is 0 Å². The first-order valence-corrected chi connectivity index (χ1v) is 11.1. The molecule has 0 aromatic rings. The molecular formula is C21H41N3O3. The van der Waals surface area contributed by atoms with Gasteiger partial charge in [0.25, 0.3) is 0 Å². The molecule has 27 heavy (non-hydrogen) atoms. The molecule has 0 aromatic heterocycles. The summed E-state index contributed by atoms with van der Waals surface area (Å²) in [5.41, 5.74) is 0.00750. The molecule has 158 valence electrons. The zero-order valence-corrected chi connectivity index (χ0v) is 17.3. The normalized spacial score (nSPS) is 24.3. The molecule has 1 saturated heterocycles. The Hall–Kier alpha value is -0.850. The van der Waals surface area contributed by atoms with E-state index >= 15 is 0 Å². The van der Waals surface area contributed by atoms with Crippen LogP contribution >= 0.6 is 0 Å². The number of rotatable bonds is 12. The van der Waals surface area contributed by atoms with Gasteiger partial charge in [-0.1, -0.05) is 19.3 Å². The Labute approximate surface area is 165 Å². The van der Waals surface area contributed by atoms with Crippen molar-refractivity contribution in [3.8, 4) is 0 Å². The van der Waals surface area contributed by atoms with E-state index < -0.39 is 0 Å². The number of aliphatic imine (C=N–C) groups is 1. The topological polar surface area (TPSA) is 75.1 Å². The van der Waals surface area contributed by atoms with Crippen molar-refractivity contribution in [1.29, 1.82) is 0 Å². The van der Waals surface area contributed by atoms with Crippen molar-refractivity contribution < 1.29 is 14.6 Å². The summed E-state index contributed by atoms with van der Waals surface area (Å²) in [6.45, 7) is 7.16. The minimum atomic E-state index is 0.00750. The summed E-state index contributed by atoms with van der Waals surface area (Å²) in [6.07, 6.45) is 12.3. The van der Waals surface area contributed by atoms with E-state index in [-0.39, 0.29) is 12.0 Å². The Morgan fingerprint density at radius 2 is 2.04 bits per heavy atom. The Morgan fingerprint density at radius 3 is 2.74 bits per heavy atom. The number of unbranched alkanes of at least 4 members (excludes halogenated alkanes) is 2. The van der Waals surface area contributed by atoms with E-state index in [0.29, 0.717) is 19.3 Å². The van der Waals surface area contributed by atoms with Crippen LogP contribution in [0, 0.1) is 5.41 Å². The van der Waals surface area contributed by atoms with E-state index in [4.69, 9.17) is 14.5 Å². The maximum atomic E-state index is 9.34. The maximum absolute atomic E-state index is 9.34. The van der Waals surface area contributed by atoms with Crippen LogP contribution in [0.2, 0.25) is 0 Å². The first-order chi connectivity index (χ1) is 13.3. The van der Waals surface area contributed by atoms with Gasteiger partial charge in [-0.25, -0.2) is 0 Å². The van der Waals surface area contributed by atoms with Gasteiger partial charge < -0.3 is 25.2 Å². The molecule has 1 atom stereocenters. The van der Waals surface area contributed by atoms with Crippen LogP contribution in [-0.4, -0.2) is 63.2 Å². The highest BCUT2D eigenvalue weighted by Gasteiger charge is 2.34. The third kappa shape index (κ3) is 8.79. The number of nitrogens with one attached hydrogen (secondary N) is 2. The molecule has 0 bridgehead atoms. The van der Waals surface area contributed by atoms with Crippen molar-refractivity contribution in [2.75, 3.05) is 46.1 Å². The minimum Gasteiger partial charge on any atom is -0.396 e. The lowest BCUT2D eigenvalue weighted by molar-refractivity contribution is 0.0264. The number of hydrogen-bond acceptors (Lipinski definition) is 4. The zero-order chi connectivity index (χ0) is 19.2. The van der Waals surface area contributed by atoms with Gasteiger partial charge in [0.2, 0.25) is 0 Å². The lowest BCUT2D eigenvalue weighted by atomic mass is 9.84. The van der Waals surface area contributed by atoms with Crippen LogP contribution in [0.25, 0.3) is 0 Å². The number of nitrogens with zero attached hydrogens (tertiary/aromatic N) is 1. The monoisotopic (exact) mass is 383 g/mol. The molecule has 2 aliphatic rings. The molecule has 0 radical (unpaired) electrons. The second kappa shape index (κ2) is 13.3. The standard InChI is InChI=1S/C21H41N3O3/c1-2-22-20(24-17-21(11-14-25)12-16-26-18-21)23-13-7-4-8-15-27-19-9-5-3-6-10-19/h19,25H,2-18H2,1H3,(H2,22,23,24). The first kappa shape index (κ1) is 22.4. The number of guanidine groups is 1. The minimum absolute atomic E-state index is 0.00750. The fraction of sp³-hybridized carbons (Fsp3) is 0.952. The summed E-state index contributed by atoms with van der Waals surface area (Å²) < 4.78 is 11.5. The third-order valence-electron chi connectivity index (χ3n) is 5.76. The number of ether oxygens (including phenoxy) is 2. The van der Waals surface area contributed by atoms with Gasteiger partial charge in [0.05, 0.1) is 19.3 Å². The van der Waals surface area contributed by atoms with Gasteiger partial charge in [0.1, 0.15) is 0 Å². The summed E-state index contributed by atoms with van der Waals surface area (Å²) in [6, 6.07) is 0. The van der Waals surface area contributed by atoms with E-state index in [1.54, 1.807) is 0 Å². The van der Waals surface area contributed by atoms with E-state index in [9.17, 15) is 5.11 Å². The number of hydrogen-bond donors (Lipinski definition) is 3. The van der Waals surface area contributed by atoms with Crippen molar-refractivity contribution >= 4 is 5.96 Å². The third-order valence-corrected chi connectivity index (χ3v) is 5.76. The van der Waals surface area contributed by atoms with Crippen LogP contribution in [0.3, 0.4) is 0 Å². The van der Waals surface area contributed by atoms with Crippen LogP contribution < -0.4 is 10.6 Å². The Bertz CT molecular complexity index is 405. The van der Waals surface area contributed by atoms with Gasteiger partial charge in [-0.3, -0.25) is 4.99 Å². The molecule has 0 aromatic carbocycles. The van der Waals surface area contributed by atoms with Gasteiger partial charge in [-0.05, 0) is 51.9 Å². The largest absolute Gasteiger partial charge is 0.396 e. The van der Waals surface area contributed by atoms with Crippen molar-refractivity contribution in [3.63, 3.8) is 0 Å². The van der Waals surface area contributed by atoms with Crippen LogP contribution in [0.1, 0.15) is 71.1 Å². The summed E-state index contributed by atoms with van der Waals surface area (Å²) in [4.78, 5) is 4.76. The molecule has 0 spiro atoms. The molecule has 1 heterocycles. The molecule has 0 amide bonds. The van der Waals surface area contributed by atoms with Crippen LogP contribution in [0.15, 0.2) is 4.99 Å². The van der Waals surface area contributed by atoms with Crippen molar-refractivity contribution in [3.05, 3.63) is 0 Å². The number of aliphatic hydroxyl groups is 1. The second-order valence-corrected chi connectivity index (χ2v) is 8.09. The Morgan fingerprint density at radius 1 is 1.19 bits per heavy atom. The van der Waals surface area contributed by atoms with Crippen molar-refractivity contribution in [2.24, 2.45) is 10.4 Å². The van der Waals surface area contributed by atoms with Crippen molar-refractivity contribution in [1.82, 2.24) is 10.6 Å². The predicted octanol–water partition coefficient (Wildman–Crippen LogP) is 2.85. The van der Waals surface area contributed by atoms with Crippen molar-refractivity contribution in [2.45, 2.75) is 77.2 Å². The van der Waals surface area contributed by atoms with E-state index in [2.05, 4.69) is 17.6 Å². The highest BCUT2D eigenvalue weighted by Crippen LogP contribution is 2.32. The fourth-order valence-corrected chi connectivity index (χ4v) is 3.97. The highest BCUT2D eigenvalue weighted by molar-refractivity contribution is 5.79. The summed E-state index contributed by atoms with van der Waals surface area (Å²) >= 11 is 0. The summed E-state index contributed by atoms with van der Waals surface area (Å²) in [5, 5.41) is 16.1. The quantitative estimate of drug-likeness (QED) is 0.274. The molecule has 1 aliphatic heterocycles. The highest BCUT2D eigenvalue weighted by atomic mass is 16.5. The predicted molar refractivity (Wildman–Crippen MR) is 110 cm³/mol. The fourth-order valence-electron chi connectivity index (χ4n) is 3.97. The average Bonchev–Trinajstić information content (AvgIpc) is 3.15. The molecule has 2 rings (SSSR count). The van der Waals surface area contributed by atoms with Gasteiger partial charge in [-0.2, -0.15) is 0 Å². The lowest BCUT2D eigenvalue weighted by Gasteiger charge is -2.24. The first-order valence-electron chi connectivity index (χ1n) is 11.1. The maximum Gasteiger partial charge on any atom is 0.191 e. The second-order valence-electron chi connectivity index (χ2n) is 8.09. The average molecular weight is 384 g/mol. The molecular weight excluding hydrogens is 342 g/mol. The van der Waals surface area contributed by atoms with Crippen LogP contribution in [-0.2, 0) is 9.47 Å². The van der Waals surface area contributed by atoms with E-state index in [0.717, 1.165) is 57.9 Å². The molecule has 1 aliphatic carbocycles. The summed E-state index contributed by atoms with van der Waals surface area (Å²) in [7, 11) is 0. The molecule has 2 fully saturated rings. The van der Waals surface area contributed by atoms with Gasteiger partial charge in [0, 0.05) is 38.3 Å². The molecule has 3 N–H and O–H groups in total. The van der Waals surface area contributed by atoms with E-state index in [1.807, 2.05) is 0 Å². The smallest absolute Gasteiger partial charge is 0.191 e. The lowest BCUT2D eigenvalue weighted by Crippen LogP contribution is -2.39. The SMILES string of the molecule is CCNC(=NCC1(CCO)CCOC1)NCCCCCOC1CCCCC1. The molecule has 6 heteroatoms. The zero-order valence-electron chi connectivity index (χ0n) is 17.3.